The highest BCUT2D eigenvalue weighted by atomic mass is 16.5. The fourth-order valence-electron chi connectivity index (χ4n) is 1.53. The van der Waals surface area contributed by atoms with Crippen molar-refractivity contribution in [1.82, 2.24) is 15.2 Å². The van der Waals surface area contributed by atoms with Crippen LogP contribution in [0, 0.1) is 0 Å². The monoisotopic (exact) mass is 233 g/mol. The first-order chi connectivity index (χ1) is 8.28. The Bertz CT molecular complexity index is 482. The van der Waals surface area contributed by atoms with Gasteiger partial charge in [-0.3, -0.25) is 0 Å². The number of H-pyrrole nitrogens is 1. The van der Waals surface area contributed by atoms with Gasteiger partial charge < -0.3 is 15.8 Å². The summed E-state index contributed by atoms with van der Waals surface area (Å²) in [5.74, 6) is 0.806. The molecule has 0 fully saturated rings. The lowest BCUT2D eigenvalue weighted by Crippen LogP contribution is -2.02. The Morgan fingerprint density at radius 2 is 2.24 bits per heavy atom. The second-order valence-corrected chi connectivity index (χ2v) is 3.65. The molecular formula is C11H15N5O. The van der Waals surface area contributed by atoms with E-state index in [1.165, 1.54) is 0 Å². The molecule has 2 rings (SSSR count). The van der Waals surface area contributed by atoms with Gasteiger partial charge in [-0.1, -0.05) is 24.3 Å². The highest BCUT2D eigenvalue weighted by Crippen LogP contribution is 2.08. The van der Waals surface area contributed by atoms with Crippen molar-refractivity contribution in [3.05, 3.63) is 35.4 Å². The molecule has 0 bridgehead atoms. The van der Waals surface area contributed by atoms with E-state index in [4.69, 9.17) is 10.5 Å². The molecular weight excluding hydrogens is 218 g/mol. The smallest absolute Gasteiger partial charge is 0.243 e. The van der Waals surface area contributed by atoms with Gasteiger partial charge in [0.25, 0.3) is 0 Å². The molecule has 2 aromatic rings. The molecule has 90 valence electrons. The molecule has 0 aliphatic rings. The van der Waals surface area contributed by atoms with Gasteiger partial charge in [-0.05, 0) is 11.1 Å². The van der Waals surface area contributed by atoms with Crippen LogP contribution in [0.4, 0.5) is 11.9 Å². The quantitative estimate of drug-likeness (QED) is 0.720. The lowest BCUT2D eigenvalue weighted by atomic mass is 10.1. The van der Waals surface area contributed by atoms with Gasteiger partial charge in [0.1, 0.15) is 0 Å². The fourth-order valence-corrected chi connectivity index (χ4v) is 1.53. The van der Waals surface area contributed by atoms with E-state index in [1.807, 2.05) is 18.2 Å². The molecule has 0 amide bonds. The molecule has 0 saturated carbocycles. The summed E-state index contributed by atoms with van der Waals surface area (Å²) < 4.78 is 5.08. The standard InChI is InChI=1S/C11H15N5O/c1-17-7-9-4-2-3-8(5-9)6-13-11-14-10(12)15-16-11/h2-5H,6-7H2,1H3,(H4,12,13,14,15,16). The Labute approximate surface area is 99.2 Å². The van der Waals surface area contributed by atoms with Gasteiger partial charge in [0.05, 0.1) is 6.61 Å². The minimum Gasteiger partial charge on any atom is -0.380 e. The van der Waals surface area contributed by atoms with Crippen LogP contribution in [0.2, 0.25) is 0 Å². The molecule has 0 aliphatic heterocycles. The fraction of sp³-hybridized carbons (Fsp3) is 0.273. The maximum absolute atomic E-state index is 5.43. The zero-order chi connectivity index (χ0) is 12.1. The number of nitrogens with two attached hydrogens (primary N) is 1. The SMILES string of the molecule is COCc1cccc(CNc2n[nH]c(N)n2)c1. The van der Waals surface area contributed by atoms with E-state index in [1.54, 1.807) is 7.11 Å². The summed E-state index contributed by atoms with van der Waals surface area (Å²) in [6, 6.07) is 8.13. The van der Waals surface area contributed by atoms with Crippen molar-refractivity contribution in [2.24, 2.45) is 0 Å². The second kappa shape index (κ2) is 5.31. The Kier molecular flexibility index (Phi) is 3.56. The molecule has 1 heterocycles. The third-order valence-electron chi connectivity index (χ3n) is 2.26. The van der Waals surface area contributed by atoms with E-state index in [2.05, 4.69) is 26.6 Å². The van der Waals surface area contributed by atoms with Crippen molar-refractivity contribution < 1.29 is 4.74 Å². The van der Waals surface area contributed by atoms with Gasteiger partial charge in [-0.2, -0.15) is 4.98 Å². The summed E-state index contributed by atoms with van der Waals surface area (Å²) >= 11 is 0. The van der Waals surface area contributed by atoms with Gasteiger partial charge in [-0.15, -0.1) is 5.10 Å². The molecule has 6 nitrogen and oxygen atoms in total. The van der Waals surface area contributed by atoms with Gasteiger partial charge >= 0.3 is 0 Å². The zero-order valence-electron chi connectivity index (χ0n) is 9.60. The third-order valence-corrected chi connectivity index (χ3v) is 2.26. The number of hydrogen-bond acceptors (Lipinski definition) is 5. The maximum Gasteiger partial charge on any atom is 0.243 e. The molecule has 0 spiro atoms. The molecule has 0 atom stereocenters. The van der Waals surface area contributed by atoms with Crippen LogP contribution >= 0.6 is 0 Å². The average Bonchev–Trinajstić information content (AvgIpc) is 2.74. The number of nitrogens with one attached hydrogen (secondary N) is 2. The zero-order valence-corrected chi connectivity index (χ0v) is 9.60. The van der Waals surface area contributed by atoms with Crippen molar-refractivity contribution in [1.29, 1.82) is 0 Å². The topological polar surface area (TPSA) is 88.8 Å². The first-order valence-corrected chi connectivity index (χ1v) is 5.26. The van der Waals surface area contributed by atoms with Crippen molar-refractivity contribution in [3.8, 4) is 0 Å². The largest absolute Gasteiger partial charge is 0.380 e. The maximum atomic E-state index is 5.43. The Balaban J connectivity index is 1.96. The van der Waals surface area contributed by atoms with Crippen LogP contribution in [0.3, 0.4) is 0 Å². The lowest BCUT2D eigenvalue weighted by molar-refractivity contribution is 0.185. The van der Waals surface area contributed by atoms with Crippen molar-refractivity contribution in [2.75, 3.05) is 18.2 Å². The minimum atomic E-state index is 0.306. The average molecular weight is 233 g/mol. The van der Waals surface area contributed by atoms with E-state index in [0.717, 1.165) is 11.1 Å². The molecule has 0 unspecified atom stereocenters. The molecule has 0 saturated heterocycles. The summed E-state index contributed by atoms with van der Waals surface area (Å²) in [6.45, 7) is 1.26. The van der Waals surface area contributed by atoms with Crippen LogP contribution in [-0.2, 0) is 17.9 Å². The normalized spacial score (nSPS) is 10.4. The number of benzene rings is 1. The number of rotatable bonds is 5. The molecule has 1 aromatic carbocycles. The van der Waals surface area contributed by atoms with Gasteiger partial charge in [0.2, 0.25) is 11.9 Å². The van der Waals surface area contributed by atoms with E-state index < -0.39 is 0 Å². The molecule has 17 heavy (non-hydrogen) atoms. The van der Waals surface area contributed by atoms with Crippen LogP contribution in [0.15, 0.2) is 24.3 Å². The number of anilines is 2. The van der Waals surface area contributed by atoms with Gasteiger partial charge in [0.15, 0.2) is 0 Å². The van der Waals surface area contributed by atoms with Crippen LogP contribution in [0.25, 0.3) is 0 Å². The minimum absolute atomic E-state index is 0.306. The second-order valence-electron chi connectivity index (χ2n) is 3.65. The van der Waals surface area contributed by atoms with Crippen LogP contribution in [0.1, 0.15) is 11.1 Å². The van der Waals surface area contributed by atoms with Crippen LogP contribution in [0.5, 0.6) is 0 Å². The van der Waals surface area contributed by atoms with E-state index in [0.29, 0.717) is 25.0 Å². The molecule has 4 N–H and O–H groups in total. The highest BCUT2D eigenvalue weighted by molar-refractivity contribution is 5.32. The Morgan fingerprint density at radius 1 is 1.41 bits per heavy atom. The van der Waals surface area contributed by atoms with Crippen LogP contribution < -0.4 is 11.1 Å². The number of nitrogen functional groups attached to an aromatic ring is 1. The predicted octanol–water partition coefficient (Wildman–Crippen LogP) is 1.15. The molecule has 1 aromatic heterocycles. The molecule has 6 heteroatoms. The predicted molar refractivity (Wildman–Crippen MR) is 65.3 cm³/mol. The van der Waals surface area contributed by atoms with E-state index in [-0.39, 0.29) is 0 Å². The number of aromatic amines is 1. The molecule has 0 radical (unpaired) electrons. The highest BCUT2D eigenvalue weighted by Gasteiger charge is 2.00. The number of methoxy groups -OCH3 is 1. The number of hydrogen-bond donors (Lipinski definition) is 3. The first kappa shape index (κ1) is 11.4. The first-order valence-electron chi connectivity index (χ1n) is 5.26. The number of nitrogens with zero attached hydrogens (tertiary/aromatic N) is 2. The molecule has 0 aliphatic carbocycles. The summed E-state index contributed by atoms with van der Waals surface area (Å²) in [7, 11) is 1.68. The summed E-state index contributed by atoms with van der Waals surface area (Å²) in [4.78, 5) is 3.96. The van der Waals surface area contributed by atoms with Gasteiger partial charge in [0, 0.05) is 13.7 Å². The van der Waals surface area contributed by atoms with Gasteiger partial charge in [-0.25, -0.2) is 5.10 Å². The van der Waals surface area contributed by atoms with E-state index >= 15 is 0 Å². The Hall–Kier alpha value is -2.08. The van der Waals surface area contributed by atoms with Crippen molar-refractivity contribution in [3.63, 3.8) is 0 Å². The number of aromatic nitrogens is 3. The summed E-state index contributed by atoms with van der Waals surface area (Å²) in [6.07, 6.45) is 0. The van der Waals surface area contributed by atoms with Crippen molar-refractivity contribution >= 4 is 11.9 Å². The lowest BCUT2D eigenvalue weighted by Gasteiger charge is -2.05. The summed E-state index contributed by atoms with van der Waals surface area (Å²) in [5, 5.41) is 9.54. The Morgan fingerprint density at radius 3 is 2.94 bits per heavy atom. The third kappa shape index (κ3) is 3.18. The van der Waals surface area contributed by atoms with Crippen molar-refractivity contribution in [2.45, 2.75) is 13.2 Å². The summed E-state index contributed by atoms with van der Waals surface area (Å²) in [5.41, 5.74) is 7.71. The van der Waals surface area contributed by atoms with E-state index in [9.17, 15) is 0 Å². The number of ether oxygens (including phenoxy) is 1. The van der Waals surface area contributed by atoms with Crippen LogP contribution in [-0.4, -0.2) is 22.3 Å².